The van der Waals surface area contributed by atoms with Crippen LogP contribution >= 0.6 is 0 Å². The molecule has 252 valence electrons. The van der Waals surface area contributed by atoms with Crippen molar-refractivity contribution in [2.45, 2.75) is 122 Å². The Morgan fingerprint density at radius 3 is 2.00 bits per heavy atom. The van der Waals surface area contributed by atoms with Gasteiger partial charge in [0.1, 0.15) is 6.61 Å². The molecule has 0 fully saturated rings. The largest absolute Gasteiger partial charge is 0.477 e. The van der Waals surface area contributed by atoms with Crippen molar-refractivity contribution in [3.63, 3.8) is 0 Å². The van der Waals surface area contributed by atoms with Gasteiger partial charge in [-0.3, -0.25) is 9.59 Å². The Balaban J connectivity index is 4.60. The predicted molar refractivity (Wildman–Crippen MR) is 178 cm³/mol. The summed E-state index contributed by atoms with van der Waals surface area (Å²) in [5.41, 5.74) is 0. The Hall–Kier alpha value is -2.71. The fraction of sp³-hybridized carbons (Fsp3) is 0.694. The Morgan fingerprint density at radius 2 is 1.34 bits per heavy atom. The summed E-state index contributed by atoms with van der Waals surface area (Å²) in [5, 5.41) is 9.54. The SMILES string of the molecule is CC/C=C/C/C=C/CCCCC(=O)OCC(COCCC(C(=O)O)[N+](C)(C)C)OC(=O)CCCCC/C=C/C=C/CCCC. The maximum atomic E-state index is 12.5. The van der Waals surface area contributed by atoms with Crippen LogP contribution < -0.4 is 0 Å². The Kier molecular flexibility index (Phi) is 26.1. The molecular formula is C36H62NO7+. The zero-order chi connectivity index (χ0) is 32.9. The van der Waals surface area contributed by atoms with Gasteiger partial charge in [0.15, 0.2) is 12.1 Å². The molecule has 0 heterocycles. The van der Waals surface area contributed by atoms with Crippen molar-refractivity contribution in [2.24, 2.45) is 0 Å². The van der Waals surface area contributed by atoms with Crippen LogP contribution in [0.25, 0.3) is 0 Å². The quantitative estimate of drug-likeness (QED) is 0.0314. The highest BCUT2D eigenvalue weighted by Gasteiger charge is 2.31. The van der Waals surface area contributed by atoms with Gasteiger partial charge in [-0.25, -0.2) is 4.79 Å². The highest BCUT2D eigenvalue weighted by atomic mass is 16.6. The summed E-state index contributed by atoms with van der Waals surface area (Å²) in [6.45, 7) is 4.45. The zero-order valence-electron chi connectivity index (χ0n) is 28.3. The van der Waals surface area contributed by atoms with Crippen molar-refractivity contribution in [2.75, 3.05) is 41.0 Å². The van der Waals surface area contributed by atoms with Crippen LogP contribution in [0.3, 0.4) is 0 Å². The molecule has 0 radical (unpaired) electrons. The van der Waals surface area contributed by atoms with Gasteiger partial charge in [-0.2, -0.15) is 0 Å². The van der Waals surface area contributed by atoms with Gasteiger partial charge in [-0.1, -0.05) is 81.7 Å². The van der Waals surface area contributed by atoms with E-state index < -0.39 is 18.1 Å². The summed E-state index contributed by atoms with van der Waals surface area (Å²) in [7, 11) is 5.48. The Bertz CT molecular complexity index is 870. The van der Waals surface area contributed by atoms with Crippen LogP contribution in [-0.2, 0) is 28.6 Å². The van der Waals surface area contributed by atoms with Gasteiger partial charge in [-0.05, 0) is 57.8 Å². The number of carboxylic acid groups (broad SMARTS) is 1. The number of aliphatic carboxylic acids is 1. The number of nitrogens with zero attached hydrogens (tertiary/aromatic N) is 1. The molecule has 0 aliphatic heterocycles. The summed E-state index contributed by atoms with van der Waals surface area (Å²) in [5.74, 6) is -1.56. The number of esters is 2. The average Bonchev–Trinajstić information content (AvgIpc) is 2.96. The highest BCUT2D eigenvalue weighted by Crippen LogP contribution is 2.11. The molecule has 0 aromatic heterocycles. The molecule has 0 spiro atoms. The van der Waals surface area contributed by atoms with E-state index in [1.807, 2.05) is 21.1 Å². The van der Waals surface area contributed by atoms with Crippen molar-refractivity contribution in [3.8, 4) is 0 Å². The minimum atomic E-state index is -0.888. The van der Waals surface area contributed by atoms with E-state index in [4.69, 9.17) is 14.2 Å². The van der Waals surface area contributed by atoms with E-state index in [9.17, 15) is 19.5 Å². The van der Waals surface area contributed by atoms with E-state index in [-0.39, 0.29) is 42.7 Å². The number of hydrogen-bond acceptors (Lipinski definition) is 6. The first-order chi connectivity index (χ1) is 21.1. The summed E-state index contributed by atoms with van der Waals surface area (Å²) in [6.07, 6.45) is 28.9. The second kappa shape index (κ2) is 27.8. The first-order valence-corrected chi connectivity index (χ1v) is 16.7. The van der Waals surface area contributed by atoms with E-state index in [0.717, 1.165) is 64.2 Å². The Morgan fingerprint density at radius 1 is 0.727 bits per heavy atom. The number of carboxylic acids is 1. The van der Waals surface area contributed by atoms with Crippen LogP contribution in [0.5, 0.6) is 0 Å². The lowest BCUT2D eigenvalue weighted by molar-refractivity contribution is -0.887. The number of unbranched alkanes of at least 4 members (excludes halogenated alkanes) is 7. The van der Waals surface area contributed by atoms with Gasteiger partial charge in [0.05, 0.1) is 34.4 Å². The van der Waals surface area contributed by atoms with Crippen molar-refractivity contribution in [1.82, 2.24) is 0 Å². The molecule has 8 heteroatoms. The minimum absolute atomic E-state index is 0.0380. The predicted octanol–water partition coefficient (Wildman–Crippen LogP) is 7.73. The molecule has 1 N–H and O–H groups in total. The fourth-order valence-electron chi connectivity index (χ4n) is 4.34. The molecule has 0 aromatic carbocycles. The van der Waals surface area contributed by atoms with Gasteiger partial charge in [0.2, 0.25) is 0 Å². The lowest BCUT2D eigenvalue weighted by Gasteiger charge is -2.31. The van der Waals surface area contributed by atoms with Crippen molar-refractivity contribution >= 4 is 17.9 Å². The molecule has 0 amide bonds. The molecule has 0 bridgehead atoms. The van der Waals surface area contributed by atoms with Crippen molar-refractivity contribution in [3.05, 3.63) is 48.6 Å². The molecule has 2 unspecified atom stereocenters. The van der Waals surface area contributed by atoms with Crippen LogP contribution in [0.2, 0.25) is 0 Å². The number of quaternary nitrogens is 1. The van der Waals surface area contributed by atoms with Gasteiger partial charge in [0.25, 0.3) is 0 Å². The number of hydrogen-bond donors (Lipinski definition) is 1. The van der Waals surface area contributed by atoms with Crippen LogP contribution in [0, 0.1) is 0 Å². The van der Waals surface area contributed by atoms with Gasteiger partial charge >= 0.3 is 17.9 Å². The minimum Gasteiger partial charge on any atom is -0.477 e. The average molecular weight is 621 g/mol. The molecule has 0 aromatic rings. The molecule has 0 aliphatic rings. The zero-order valence-corrected chi connectivity index (χ0v) is 28.3. The second-order valence-electron chi connectivity index (χ2n) is 12.1. The molecule has 44 heavy (non-hydrogen) atoms. The first-order valence-electron chi connectivity index (χ1n) is 16.7. The normalized spacial score (nSPS) is 13.8. The number of ether oxygens (including phenoxy) is 3. The van der Waals surface area contributed by atoms with E-state index in [0.29, 0.717) is 12.8 Å². The fourth-order valence-corrected chi connectivity index (χ4v) is 4.34. The van der Waals surface area contributed by atoms with E-state index in [1.165, 1.54) is 12.8 Å². The number of rotatable bonds is 28. The second-order valence-corrected chi connectivity index (χ2v) is 12.1. The molecule has 0 saturated carbocycles. The Labute approximate surface area is 267 Å². The first kappa shape index (κ1) is 41.3. The van der Waals surface area contributed by atoms with E-state index >= 15 is 0 Å². The molecule has 8 nitrogen and oxygen atoms in total. The van der Waals surface area contributed by atoms with Gasteiger partial charge in [-0.15, -0.1) is 0 Å². The third kappa shape index (κ3) is 25.8. The number of allylic oxidation sites excluding steroid dienone is 8. The summed E-state index contributed by atoms with van der Waals surface area (Å²) in [6, 6.07) is -0.622. The highest BCUT2D eigenvalue weighted by molar-refractivity contribution is 5.72. The topological polar surface area (TPSA) is 99.1 Å². The van der Waals surface area contributed by atoms with Crippen LogP contribution in [0.4, 0.5) is 0 Å². The van der Waals surface area contributed by atoms with Crippen molar-refractivity contribution < 1.29 is 38.2 Å². The third-order valence-electron chi connectivity index (χ3n) is 6.99. The maximum absolute atomic E-state index is 12.5. The van der Waals surface area contributed by atoms with Crippen LogP contribution in [0.15, 0.2) is 48.6 Å². The van der Waals surface area contributed by atoms with E-state index in [2.05, 4.69) is 62.5 Å². The molecular weight excluding hydrogens is 558 g/mol. The molecule has 2 atom stereocenters. The van der Waals surface area contributed by atoms with Crippen molar-refractivity contribution in [1.29, 1.82) is 0 Å². The van der Waals surface area contributed by atoms with Gasteiger partial charge in [0, 0.05) is 19.3 Å². The third-order valence-corrected chi connectivity index (χ3v) is 6.99. The maximum Gasteiger partial charge on any atom is 0.362 e. The molecule has 0 rings (SSSR count). The summed E-state index contributed by atoms with van der Waals surface area (Å²) in [4.78, 5) is 36.5. The number of likely N-dealkylation sites (N-methyl/N-ethyl adjacent to an activating group) is 1. The summed E-state index contributed by atoms with van der Waals surface area (Å²) >= 11 is 0. The molecule has 0 aliphatic carbocycles. The number of carbonyl (C=O) groups excluding carboxylic acids is 2. The lowest BCUT2D eigenvalue weighted by Crippen LogP contribution is -2.50. The van der Waals surface area contributed by atoms with Gasteiger partial charge < -0.3 is 23.8 Å². The van der Waals surface area contributed by atoms with Crippen LogP contribution in [0.1, 0.15) is 110 Å². The monoisotopic (exact) mass is 620 g/mol. The summed E-state index contributed by atoms with van der Waals surface area (Å²) < 4.78 is 17.0. The number of carbonyl (C=O) groups is 3. The van der Waals surface area contributed by atoms with Crippen LogP contribution in [-0.4, -0.2) is 80.6 Å². The lowest BCUT2D eigenvalue weighted by atomic mass is 10.1. The smallest absolute Gasteiger partial charge is 0.362 e. The molecule has 0 saturated heterocycles. The van der Waals surface area contributed by atoms with E-state index in [1.54, 1.807) is 0 Å². The standard InChI is InChI=1S/C36H61NO7/c1-6-8-10-12-14-16-17-19-21-23-25-27-35(39)44-32(30-42-29-28-33(36(40)41)37(3,4)5)31-43-34(38)26-24-22-20-18-15-13-11-9-7-2/h9,11-12,14-18,32-33H,6-8,10,13,19-31H2,1-5H3/p+1/b11-9+,14-12+,17-16+,18-15+.